The lowest BCUT2D eigenvalue weighted by Gasteiger charge is -2.15. The third-order valence-electron chi connectivity index (χ3n) is 5.11. The Morgan fingerprint density at radius 3 is 2.70 bits per heavy atom. The van der Waals surface area contributed by atoms with Gasteiger partial charge in [-0.3, -0.25) is 24.4 Å². The number of likely N-dealkylation sites (tertiary alicyclic amines) is 1. The summed E-state index contributed by atoms with van der Waals surface area (Å²) in [5.41, 5.74) is -0.267. The van der Waals surface area contributed by atoms with E-state index in [4.69, 9.17) is 4.74 Å². The maximum absolute atomic E-state index is 12.9. The number of non-ortho nitro benzene ring substituents is 1. The van der Waals surface area contributed by atoms with Crippen molar-refractivity contribution in [2.24, 2.45) is 0 Å². The number of hydrogen-bond donors (Lipinski definition) is 2. The summed E-state index contributed by atoms with van der Waals surface area (Å²) in [6, 6.07) is 8.96. The SMILES string of the molecule is COc1ccc([N+](=O)[O-])cc1NS(=O)(=O)c1cccc(C(=O)NCCCN2CCCC2=O)c1. The quantitative estimate of drug-likeness (QED) is 0.303. The number of nitrogens with one attached hydrogen (secondary N) is 2. The molecule has 0 saturated carbocycles. The summed E-state index contributed by atoms with van der Waals surface area (Å²) < 4.78 is 33.1. The third kappa shape index (κ3) is 5.98. The molecule has 0 unspecified atom stereocenters. The highest BCUT2D eigenvalue weighted by Gasteiger charge is 2.21. The Balaban J connectivity index is 1.67. The van der Waals surface area contributed by atoms with Crippen molar-refractivity contribution in [2.45, 2.75) is 24.2 Å². The lowest BCUT2D eigenvalue weighted by atomic mass is 10.2. The van der Waals surface area contributed by atoms with Gasteiger partial charge in [0.2, 0.25) is 5.91 Å². The maximum atomic E-state index is 12.9. The first kappa shape index (κ1) is 24.0. The average Bonchev–Trinajstić information content (AvgIpc) is 3.20. The number of methoxy groups -OCH3 is 1. The van der Waals surface area contributed by atoms with Crippen LogP contribution in [0.4, 0.5) is 11.4 Å². The fraction of sp³-hybridized carbons (Fsp3) is 0.333. The molecular weight excluding hydrogens is 452 g/mol. The van der Waals surface area contributed by atoms with E-state index in [0.29, 0.717) is 25.9 Å². The van der Waals surface area contributed by atoms with Gasteiger partial charge in [-0.2, -0.15) is 0 Å². The first-order chi connectivity index (χ1) is 15.7. The van der Waals surface area contributed by atoms with Crippen molar-refractivity contribution in [3.63, 3.8) is 0 Å². The molecule has 2 N–H and O–H groups in total. The van der Waals surface area contributed by atoms with Gasteiger partial charge >= 0.3 is 0 Å². The normalized spacial score (nSPS) is 13.6. The standard InChI is InChI=1S/C21H24N4O7S/c1-32-19-9-8-16(25(28)29)14-18(19)23-33(30,31)17-6-2-5-15(13-17)21(27)22-10-4-12-24-11-3-7-20(24)26/h2,5-6,8-9,13-14,23H,3-4,7,10-12H2,1H3,(H,22,27). The van der Waals surface area contributed by atoms with Crippen LogP contribution in [0, 0.1) is 10.1 Å². The van der Waals surface area contributed by atoms with Crippen LogP contribution < -0.4 is 14.8 Å². The lowest BCUT2D eigenvalue weighted by Crippen LogP contribution is -2.30. The molecule has 11 nitrogen and oxygen atoms in total. The largest absolute Gasteiger partial charge is 0.495 e. The molecule has 0 aromatic heterocycles. The van der Waals surface area contributed by atoms with E-state index in [1.807, 2.05) is 0 Å². The number of amides is 2. The van der Waals surface area contributed by atoms with Crippen molar-refractivity contribution in [3.8, 4) is 5.75 Å². The summed E-state index contributed by atoms with van der Waals surface area (Å²) in [4.78, 5) is 36.0. The average molecular weight is 477 g/mol. The molecule has 1 aliphatic rings. The summed E-state index contributed by atoms with van der Waals surface area (Å²) >= 11 is 0. The van der Waals surface area contributed by atoms with Crippen molar-refractivity contribution in [2.75, 3.05) is 31.5 Å². The molecule has 1 fully saturated rings. The fourth-order valence-electron chi connectivity index (χ4n) is 3.41. The van der Waals surface area contributed by atoms with E-state index in [1.54, 1.807) is 4.90 Å². The zero-order valence-electron chi connectivity index (χ0n) is 17.9. The van der Waals surface area contributed by atoms with Crippen LogP contribution in [0.3, 0.4) is 0 Å². The van der Waals surface area contributed by atoms with Crippen molar-refractivity contribution in [3.05, 3.63) is 58.1 Å². The highest BCUT2D eigenvalue weighted by atomic mass is 32.2. The summed E-state index contributed by atoms with van der Waals surface area (Å²) in [6.07, 6.45) is 2.00. The summed E-state index contributed by atoms with van der Waals surface area (Å²) in [7, 11) is -2.85. The van der Waals surface area contributed by atoms with Crippen molar-refractivity contribution >= 4 is 33.2 Å². The Morgan fingerprint density at radius 1 is 1.24 bits per heavy atom. The van der Waals surface area contributed by atoms with Crippen LogP contribution in [0.2, 0.25) is 0 Å². The van der Waals surface area contributed by atoms with Gasteiger partial charge in [0.1, 0.15) is 5.75 Å². The molecule has 33 heavy (non-hydrogen) atoms. The minimum absolute atomic E-state index is 0.0991. The van der Waals surface area contributed by atoms with Gasteiger partial charge in [0.25, 0.3) is 21.6 Å². The van der Waals surface area contributed by atoms with Crippen LogP contribution in [-0.4, -0.2) is 56.8 Å². The van der Waals surface area contributed by atoms with E-state index in [9.17, 15) is 28.1 Å². The molecule has 0 spiro atoms. The second-order valence-corrected chi connectivity index (χ2v) is 9.05. The van der Waals surface area contributed by atoms with E-state index >= 15 is 0 Å². The van der Waals surface area contributed by atoms with E-state index in [1.165, 1.54) is 43.5 Å². The Bertz CT molecular complexity index is 1170. The van der Waals surface area contributed by atoms with Gasteiger partial charge in [-0.1, -0.05) is 6.07 Å². The molecule has 2 amide bonds. The Labute approximate surface area is 190 Å². The molecule has 0 aliphatic carbocycles. The number of rotatable bonds is 10. The number of nitro benzene ring substituents is 1. The van der Waals surface area contributed by atoms with E-state index in [0.717, 1.165) is 19.0 Å². The lowest BCUT2D eigenvalue weighted by molar-refractivity contribution is -0.384. The maximum Gasteiger partial charge on any atom is 0.271 e. The van der Waals surface area contributed by atoms with Gasteiger partial charge in [0, 0.05) is 43.8 Å². The number of hydrogen-bond acceptors (Lipinski definition) is 7. The number of carbonyl (C=O) groups is 2. The van der Waals surface area contributed by atoms with Crippen LogP contribution >= 0.6 is 0 Å². The van der Waals surface area contributed by atoms with Crippen molar-refractivity contribution < 1.29 is 27.7 Å². The first-order valence-corrected chi connectivity index (χ1v) is 11.7. The number of ether oxygens (including phenoxy) is 1. The Morgan fingerprint density at radius 2 is 2.03 bits per heavy atom. The molecule has 1 aliphatic heterocycles. The van der Waals surface area contributed by atoms with Gasteiger partial charge < -0.3 is 15.0 Å². The highest BCUT2D eigenvalue weighted by Crippen LogP contribution is 2.31. The van der Waals surface area contributed by atoms with Gasteiger partial charge in [0.05, 0.1) is 22.6 Å². The predicted molar refractivity (Wildman–Crippen MR) is 120 cm³/mol. The first-order valence-electron chi connectivity index (χ1n) is 10.2. The van der Waals surface area contributed by atoms with Gasteiger partial charge in [0.15, 0.2) is 0 Å². The number of nitrogens with zero attached hydrogens (tertiary/aromatic N) is 2. The molecule has 1 heterocycles. The smallest absolute Gasteiger partial charge is 0.271 e. The summed E-state index contributed by atoms with van der Waals surface area (Å²) in [6.45, 7) is 1.63. The van der Waals surface area contributed by atoms with Crippen LogP contribution in [0.25, 0.3) is 0 Å². The minimum atomic E-state index is -4.16. The van der Waals surface area contributed by atoms with E-state index < -0.39 is 20.9 Å². The number of benzene rings is 2. The Hall–Kier alpha value is -3.67. The molecule has 2 aromatic carbocycles. The van der Waals surface area contributed by atoms with Gasteiger partial charge in [-0.05, 0) is 37.1 Å². The molecule has 0 bridgehead atoms. The fourth-order valence-corrected chi connectivity index (χ4v) is 4.52. The molecule has 12 heteroatoms. The second kappa shape index (κ2) is 10.3. The third-order valence-corrected chi connectivity index (χ3v) is 6.47. The van der Waals surface area contributed by atoms with Crippen LogP contribution in [0.5, 0.6) is 5.75 Å². The number of carbonyl (C=O) groups excluding carboxylic acids is 2. The predicted octanol–water partition coefficient (Wildman–Crippen LogP) is 2.15. The van der Waals surface area contributed by atoms with Crippen molar-refractivity contribution in [1.82, 2.24) is 10.2 Å². The molecule has 0 radical (unpaired) electrons. The van der Waals surface area contributed by atoms with Crippen LogP contribution in [0.1, 0.15) is 29.6 Å². The Kier molecular flexibility index (Phi) is 7.48. The second-order valence-electron chi connectivity index (χ2n) is 7.37. The van der Waals surface area contributed by atoms with Crippen molar-refractivity contribution in [1.29, 1.82) is 0 Å². The van der Waals surface area contributed by atoms with Gasteiger partial charge in [-0.25, -0.2) is 8.42 Å². The highest BCUT2D eigenvalue weighted by molar-refractivity contribution is 7.92. The molecule has 2 aromatic rings. The molecular formula is C21H24N4O7S. The molecule has 1 saturated heterocycles. The molecule has 0 atom stereocenters. The molecule has 176 valence electrons. The molecule has 3 rings (SSSR count). The number of sulfonamides is 1. The summed E-state index contributed by atoms with van der Waals surface area (Å²) in [5, 5.41) is 13.7. The topological polar surface area (TPSA) is 148 Å². The van der Waals surface area contributed by atoms with E-state index in [2.05, 4.69) is 10.0 Å². The van der Waals surface area contributed by atoms with Crippen LogP contribution in [0.15, 0.2) is 47.4 Å². The number of anilines is 1. The zero-order chi connectivity index (χ0) is 24.0. The minimum Gasteiger partial charge on any atom is -0.495 e. The van der Waals surface area contributed by atoms with Gasteiger partial charge in [-0.15, -0.1) is 0 Å². The zero-order valence-corrected chi connectivity index (χ0v) is 18.8. The van der Waals surface area contributed by atoms with Crippen LogP contribution in [-0.2, 0) is 14.8 Å². The van der Waals surface area contributed by atoms with E-state index in [-0.39, 0.29) is 33.5 Å². The summed E-state index contributed by atoms with van der Waals surface area (Å²) in [5.74, 6) is -0.227. The number of nitro groups is 1. The monoisotopic (exact) mass is 476 g/mol.